The second kappa shape index (κ2) is 9.39. The lowest BCUT2D eigenvalue weighted by Gasteiger charge is -2.12. The Hall–Kier alpha value is -4.11. The second-order valence-corrected chi connectivity index (χ2v) is 6.38. The molecule has 0 heterocycles. The Labute approximate surface area is 173 Å². The van der Waals surface area contributed by atoms with E-state index in [1.807, 2.05) is 0 Å². The van der Waals surface area contributed by atoms with E-state index in [1.54, 1.807) is 48.5 Å². The Morgan fingerprint density at radius 1 is 1.07 bits per heavy atom. The van der Waals surface area contributed by atoms with Gasteiger partial charge in [-0.2, -0.15) is 5.26 Å². The molecule has 0 aromatic heterocycles. The standard InChI is InChI=1S/C24H18FNO4/c1-29-23-12-17(11-20(14-26)19-3-2-4-21(25)13-19)7-10-22(23)30-15-16-5-8-18(9-6-16)24(27)28/h2-13H,15H2,1H3,(H,27,28)/b20-11-. The minimum Gasteiger partial charge on any atom is -0.493 e. The molecule has 150 valence electrons. The zero-order valence-electron chi connectivity index (χ0n) is 16.1. The van der Waals surface area contributed by atoms with E-state index in [0.29, 0.717) is 28.2 Å². The molecule has 1 N–H and O–H groups in total. The molecule has 0 amide bonds. The van der Waals surface area contributed by atoms with Crippen molar-refractivity contribution < 1.29 is 23.8 Å². The molecule has 30 heavy (non-hydrogen) atoms. The summed E-state index contributed by atoms with van der Waals surface area (Å²) in [5.41, 5.74) is 2.53. The van der Waals surface area contributed by atoms with E-state index in [9.17, 15) is 14.4 Å². The first-order valence-electron chi connectivity index (χ1n) is 9.01. The smallest absolute Gasteiger partial charge is 0.335 e. The summed E-state index contributed by atoms with van der Waals surface area (Å²) in [6.45, 7) is 0.234. The van der Waals surface area contributed by atoms with Gasteiger partial charge < -0.3 is 14.6 Å². The number of halogens is 1. The highest BCUT2D eigenvalue weighted by Crippen LogP contribution is 2.30. The van der Waals surface area contributed by atoms with E-state index < -0.39 is 11.8 Å². The maximum atomic E-state index is 13.5. The minimum atomic E-state index is -0.984. The minimum absolute atomic E-state index is 0.207. The van der Waals surface area contributed by atoms with E-state index in [0.717, 1.165) is 5.56 Å². The number of rotatable bonds is 7. The number of nitriles is 1. The molecular weight excluding hydrogens is 385 g/mol. The molecule has 3 aromatic rings. The zero-order valence-corrected chi connectivity index (χ0v) is 16.1. The van der Waals surface area contributed by atoms with Crippen LogP contribution in [0.3, 0.4) is 0 Å². The molecule has 0 atom stereocenters. The predicted octanol–water partition coefficient (Wildman–Crippen LogP) is 5.18. The third-order valence-electron chi connectivity index (χ3n) is 4.35. The van der Waals surface area contributed by atoms with Crippen LogP contribution in [0.25, 0.3) is 11.6 Å². The molecule has 0 saturated carbocycles. The summed E-state index contributed by atoms with van der Waals surface area (Å²) in [5.74, 6) is -0.419. The van der Waals surface area contributed by atoms with E-state index in [-0.39, 0.29) is 12.2 Å². The molecule has 0 aliphatic rings. The molecule has 5 nitrogen and oxygen atoms in total. The van der Waals surface area contributed by atoms with E-state index in [4.69, 9.17) is 14.6 Å². The third kappa shape index (κ3) is 5.03. The van der Waals surface area contributed by atoms with Gasteiger partial charge in [-0.25, -0.2) is 9.18 Å². The summed E-state index contributed by atoms with van der Waals surface area (Å²) >= 11 is 0. The highest BCUT2D eigenvalue weighted by atomic mass is 19.1. The van der Waals surface area contributed by atoms with Crippen molar-refractivity contribution in [1.29, 1.82) is 5.26 Å². The summed E-state index contributed by atoms with van der Waals surface area (Å²) in [6.07, 6.45) is 1.64. The Kier molecular flexibility index (Phi) is 6.46. The maximum Gasteiger partial charge on any atom is 0.335 e. The lowest BCUT2D eigenvalue weighted by atomic mass is 10.0. The number of benzene rings is 3. The Morgan fingerprint density at radius 2 is 1.83 bits per heavy atom. The molecule has 0 bridgehead atoms. The number of hydrogen-bond donors (Lipinski definition) is 1. The van der Waals surface area contributed by atoms with Gasteiger partial charge in [-0.1, -0.05) is 30.3 Å². The van der Waals surface area contributed by atoms with Crippen molar-refractivity contribution in [2.75, 3.05) is 7.11 Å². The summed E-state index contributed by atoms with van der Waals surface area (Å²) in [7, 11) is 1.51. The zero-order chi connectivity index (χ0) is 21.5. The molecule has 0 fully saturated rings. The summed E-state index contributed by atoms with van der Waals surface area (Å²) in [5, 5.41) is 18.4. The molecule has 6 heteroatoms. The van der Waals surface area contributed by atoms with Crippen LogP contribution >= 0.6 is 0 Å². The van der Waals surface area contributed by atoms with Crippen LogP contribution in [0.1, 0.15) is 27.0 Å². The van der Waals surface area contributed by atoms with E-state index in [2.05, 4.69) is 6.07 Å². The number of carboxylic acids is 1. The van der Waals surface area contributed by atoms with Gasteiger partial charge in [-0.15, -0.1) is 0 Å². The predicted molar refractivity (Wildman–Crippen MR) is 111 cm³/mol. The average molecular weight is 403 g/mol. The van der Waals surface area contributed by atoms with Crippen molar-refractivity contribution in [3.8, 4) is 17.6 Å². The Bertz CT molecular complexity index is 1130. The van der Waals surface area contributed by atoms with Crippen molar-refractivity contribution in [3.63, 3.8) is 0 Å². The van der Waals surface area contributed by atoms with Gasteiger partial charge in [0.1, 0.15) is 12.4 Å². The van der Waals surface area contributed by atoms with E-state index in [1.165, 1.54) is 31.4 Å². The number of nitrogens with zero attached hydrogens (tertiary/aromatic N) is 1. The van der Waals surface area contributed by atoms with Gasteiger partial charge >= 0.3 is 5.97 Å². The normalized spacial score (nSPS) is 10.9. The number of hydrogen-bond acceptors (Lipinski definition) is 4. The number of carboxylic acid groups (broad SMARTS) is 1. The van der Waals surface area contributed by atoms with Crippen LogP contribution in [0.5, 0.6) is 11.5 Å². The molecule has 3 aromatic carbocycles. The summed E-state index contributed by atoms with van der Waals surface area (Å²) in [6, 6.07) is 19.5. The molecular formula is C24H18FNO4. The lowest BCUT2D eigenvalue weighted by Crippen LogP contribution is -2.00. The van der Waals surface area contributed by atoms with Crippen molar-refractivity contribution in [2.45, 2.75) is 6.61 Å². The van der Waals surface area contributed by atoms with Crippen molar-refractivity contribution >= 4 is 17.6 Å². The molecule has 0 aliphatic carbocycles. The summed E-state index contributed by atoms with van der Waals surface area (Å²) in [4.78, 5) is 10.9. The first kappa shape index (κ1) is 20.6. The quantitative estimate of drug-likeness (QED) is 0.435. The molecule has 0 spiro atoms. The van der Waals surface area contributed by atoms with Crippen molar-refractivity contribution in [2.24, 2.45) is 0 Å². The largest absolute Gasteiger partial charge is 0.493 e. The maximum absolute atomic E-state index is 13.5. The fourth-order valence-corrected chi connectivity index (χ4v) is 2.80. The number of ether oxygens (including phenoxy) is 2. The van der Waals surface area contributed by atoms with Gasteiger partial charge in [0.05, 0.1) is 24.3 Å². The first-order chi connectivity index (χ1) is 14.5. The van der Waals surface area contributed by atoms with Crippen molar-refractivity contribution in [1.82, 2.24) is 0 Å². The van der Waals surface area contributed by atoms with Crippen LogP contribution in [-0.2, 0) is 6.61 Å². The summed E-state index contributed by atoms with van der Waals surface area (Å²) < 4.78 is 24.6. The number of aromatic carboxylic acids is 1. The van der Waals surface area contributed by atoms with Crippen LogP contribution in [0.2, 0.25) is 0 Å². The lowest BCUT2D eigenvalue weighted by molar-refractivity contribution is 0.0697. The molecule has 0 saturated heterocycles. The Balaban J connectivity index is 1.79. The van der Waals surface area contributed by atoms with Gasteiger partial charge in [0.15, 0.2) is 11.5 Å². The van der Waals surface area contributed by atoms with Gasteiger partial charge in [0.2, 0.25) is 0 Å². The van der Waals surface area contributed by atoms with E-state index >= 15 is 0 Å². The monoisotopic (exact) mass is 403 g/mol. The highest BCUT2D eigenvalue weighted by molar-refractivity contribution is 5.90. The molecule has 0 unspecified atom stereocenters. The average Bonchev–Trinajstić information content (AvgIpc) is 2.76. The van der Waals surface area contributed by atoms with Gasteiger partial charge in [-0.05, 0) is 59.2 Å². The van der Waals surface area contributed by atoms with Gasteiger partial charge in [0.25, 0.3) is 0 Å². The first-order valence-corrected chi connectivity index (χ1v) is 9.01. The number of methoxy groups -OCH3 is 1. The fraction of sp³-hybridized carbons (Fsp3) is 0.0833. The Morgan fingerprint density at radius 3 is 2.47 bits per heavy atom. The SMILES string of the molecule is COc1cc(/C=C(/C#N)c2cccc(F)c2)ccc1OCc1ccc(C(=O)O)cc1. The molecule has 0 aliphatic heterocycles. The highest BCUT2D eigenvalue weighted by Gasteiger charge is 2.08. The van der Waals surface area contributed by atoms with Gasteiger partial charge in [0, 0.05) is 0 Å². The van der Waals surface area contributed by atoms with Crippen LogP contribution in [0, 0.1) is 17.1 Å². The number of carbonyl (C=O) groups is 1. The topological polar surface area (TPSA) is 79.5 Å². The van der Waals surface area contributed by atoms with Crippen LogP contribution in [0.4, 0.5) is 4.39 Å². The number of allylic oxidation sites excluding steroid dienone is 1. The van der Waals surface area contributed by atoms with Crippen LogP contribution < -0.4 is 9.47 Å². The van der Waals surface area contributed by atoms with Crippen LogP contribution in [-0.4, -0.2) is 18.2 Å². The molecule has 3 rings (SSSR count). The second-order valence-electron chi connectivity index (χ2n) is 6.38. The van der Waals surface area contributed by atoms with Crippen molar-refractivity contribution in [3.05, 3.63) is 94.8 Å². The molecule has 0 radical (unpaired) electrons. The third-order valence-corrected chi connectivity index (χ3v) is 4.35. The fourth-order valence-electron chi connectivity index (χ4n) is 2.80. The van der Waals surface area contributed by atoms with Crippen LogP contribution in [0.15, 0.2) is 66.7 Å². The van der Waals surface area contributed by atoms with Gasteiger partial charge in [-0.3, -0.25) is 0 Å².